The third-order valence-corrected chi connectivity index (χ3v) is 12.4. The molecule has 4 aliphatic rings. The molecule has 61 heavy (non-hydrogen) atoms. The molecule has 4 heterocycles. The summed E-state index contributed by atoms with van der Waals surface area (Å²) in [7, 11) is 4.93. The monoisotopic (exact) mass is 848 g/mol. The van der Waals surface area contributed by atoms with E-state index >= 15 is 4.39 Å². The highest BCUT2D eigenvalue weighted by atomic mass is 19.3. The van der Waals surface area contributed by atoms with Gasteiger partial charge in [0.1, 0.15) is 23.3 Å². The number of methoxy groups -OCH3 is 1. The van der Waals surface area contributed by atoms with Gasteiger partial charge < -0.3 is 40.3 Å². The second kappa shape index (κ2) is 18.1. The van der Waals surface area contributed by atoms with Crippen LogP contribution in [0.3, 0.4) is 0 Å². The van der Waals surface area contributed by atoms with Gasteiger partial charge in [0, 0.05) is 62.5 Å². The first kappa shape index (κ1) is 43.4. The molecule has 7 rings (SSSR count). The number of nitrogens with one attached hydrogen (secondary N) is 4. The van der Waals surface area contributed by atoms with Crippen LogP contribution in [0, 0.1) is 11.7 Å². The van der Waals surface area contributed by atoms with Crippen molar-refractivity contribution in [3.8, 4) is 5.75 Å². The molecule has 0 spiro atoms. The van der Waals surface area contributed by atoms with Crippen molar-refractivity contribution in [2.75, 3.05) is 72.7 Å². The zero-order valence-corrected chi connectivity index (χ0v) is 35.3. The third kappa shape index (κ3) is 9.79. The molecule has 1 saturated carbocycles. The number of hydrogen-bond donors (Lipinski definition) is 4. The minimum absolute atomic E-state index is 0.0268. The van der Waals surface area contributed by atoms with E-state index in [2.05, 4.69) is 48.1 Å². The van der Waals surface area contributed by atoms with E-state index in [9.17, 15) is 28.0 Å². The van der Waals surface area contributed by atoms with Crippen LogP contribution in [0.15, 0.2) is 42.6 Å². The van der Waals surface area contributed by atoms with Crippen molar-refractivity contribution >= 4 is 58.1 Å². The molecule has 0 radical (unpaired) electrons. The van der Waals surface area contributed by atoms with Crippen LogP contribution in [0.5, 0.6) is 5.75 Å². The van der Waals surface area contributed by atoms with Crippen LogP contribution >= 0.6 is 0 Å². The van der Waals surface area contributed by atoms with Crippen molar-refractivity contribution < 1.29 is 37.1 Å². The van der Waals surface area contributed by atoms with Crippen LogP contribution in [0.1, 0.15) is 75.6 Å². The number of aromatic nitrogens is 2. The summed E-state index contributed by atoms with van der Waals surface area (Å²) in [4.78, 5) is 65.1. The fourth-order valence-electron chi connectivity index (χ4n) is 8.80. The molecule has 3 aromatic rings. The van der Waals surface area contributed by atoms with Crippen LogP contribution in [-0.4, -0.2) is 116 Å². The van der Waals surface area contributed by atoms with Crippen molar-refractivity contribution in [1.82, 2.24) is 25.5 Å². The van der Waals surface area contributed by atoms with Gasteiger partial charge in [-0.25, -0.2) is 9.37 Å². The largest absolute Gasteiger partial charge is 0.495 e. The van der Waals surface area contributed by atoms with Crippen LogP contribution in [0.25, 0.3) is 0 Å². The molecule has 2 saturated heterocycles. The van der Waals surface area contributed by atoms with E-state index in [1.165, 1.54) is 31.3 Å². The molecule has 2 aromatic carbocycles. The molecule has 18 heteroatoms. The summed E-state index contributed by atoms with van der Waals surface area (Å²) in [5, 5.41) is 11.6. The number of carbonyl (C=O) groups is 4. The Kier molecular flexibility index (Phi) is 12.9. The van der Waals surface area contributed by atoms with Gasteiger partial charge in [0.15, 0.2) is 5.82 Å². The van der Waals surface area contributed by atoms with Crippen molar-refractivity contribution in [1.29, 1.82) is 0 Å². The molecule has 3 fully saturated rings. The fourth-order valence-corrected chi connectivity index (χ4v) is 8.80. The Balaban J connectivity index is 0.872. The molecule has 1 aromatic heterocycles. The van der Waals surface area contributed by atoms with E-state index in [0.29, 0.717) is 46.8 Å². The van der Waals surface area contributed by atoms with Crippen LogP contribution in [0.4, 0.5) is 47.7 Å². The Morgan fingerprint density at radius 1 is 1.02 bits per heavy atom. The van der Waals surface area contributed by atoms with E-state index < -0.39 is 30.3 Å². The average Bonchev–Trinajstić information content (AvgIpc) is 3.31. The van der Waals surface area contributed by atoms with Crippen molar-refractivity contribution in [3.05, 3.63) is 54.0 Å². The number of benzene rings is 2. The standard InChI is InChI=1S/C43H55F3N10O5/c1-25(2)56-24-43(45,46)41(60)54(4)35-22-47-42(52-38(35)56)50-32-12-6-27(20-36(32)61-5)39(58)49-28-7-10-30(11-8-28)53(3)23-26-16-18-55(19-17-26)34-14-9-29(21-31(34)44)48-33-13-15-37(57)51-40(33)59/h6,9,12,14,20-22,25-26,28,30,33,48H,7-8,10-11,13,15-19,23-24H2,1-5H3,(H,49,58)(H,47,50,52)(H,51,57,59). The predicted molar refractivity (Wildman–Crippen MR) is 226 cm³/mol. The normalized spacial score (nSPS) is 22.2. The number of hydrogen-bond acceptors (Lipinski definition) is 12. The lowest BCUT2D eigenvalue weighted by Crippen LogP contribution is -2.47. The van der Waals surface area contributed by atoms with Crippen LogP contribution in [0.2, 0.25) is 0 Å². The van der Waals surface area contributed by atoms with Crippen LogP contribution < -0.4 is 40.7 Å². The summed E-state index contributed by atoms with van der Waals surface area (Å²) in [6, 6.07) is 9.42. The number of imide groups is 1. The van der Waals surface area contributed by atoms with E-state index in [-0.39, 0.29) is 53.6 Å². The highest BCUT2D eigenvalue weighted by Crippen LogP contribution is 2.38. The minimum atomic E-state index is -3.60. The van der Waals surface area contributed by atoms with Gasteiger partial charge in [0.25, 0.3) is 11.8 Å². The molecule has 4 N–H and O–H groups in total. The quantitative estimate of drug-likeness (QED) is 0.174. The maximum absolute atomic E-state index is 15.2. The lowest BCUT2D eigenvalue weighted by Gasteiger charge is -2.39. The SMILES string of the molecule is COc1cc(C(=O)NC2CCC(N(C)CC3CCN(c4ccc(NC5CCC(=O)NC5=O)cc4F)CC3)CC2)ccc1Nc1ncc2c(n1)N(C(C)C)CC(F)(F)C(=O)N2C. The van der Waals surface area contributed by atoms with Gasteiger partial charge in [0.05, 0.1) is 31.2 Å². The second-order valence-electron chi connectivity index (χ2n) is 16.9. The summed E-state index contributed by atoms with van der Waals surface area (Å²) in [6.45, 7) is 5.13. The average molecular weight is 849 g/mol. The minimum Gasteiger partial charge on any atom is -0.495 e. The maximum Gasteiger partial charge on any atom is 0.342 e. The number of halogens is 3. The lowest BCUT2D eigenvalue weighted by molar-refractivity contribution is -0.140. The Labute approximate surface area is 353 Å². The van der Waals surface area contributed by atoms with Gasteiger partial charge in [-0.15, -0.1) is 0 Å². The molecular weight excluding hydrogens is 794 g/mol. The number of ether oxygens (including phenoxy) is 1. The van der Waals surface area contributed by atoms with Gasteiger partial charge in [0.2, 0.25) is 17.8 Å². The lowest BCUT2D eigenvalue weighted by atomic mass is 9.88. The van der Waals surface area contributed by atoms with Gasteiger partial charge in [-0.3, -0.25) is 24.5 Å². The molecule has 1 unspecified atom stereocenters. The third-order valence-electron chi connectivity index (χ3n) is 12.4. The molecule has 3 aliphatic heterocycles. The Morgan fingerprint density at radius 2 is 1.75 bits per heavy atom. The van der Waals surface area contributed by atoms with E-state index in [0.717, 1.165) is 63.1 Å². The maximum atomic E-state index is 15.2. The fraction of sp³-hybridized carbons (Fsp3) is 0.535. The summed E-state index contributed by atoms with van der Waals surface area (Å²) < 4.78 is 50.4. The molecule has 1 aliphatic carbocycles. The second-order valence-corrected chi connectivity index (χ2v) is 16.9. The number of anilines is 6. The highest BCUT2D eigenvalue weighted by molar-refractivity contribution is 6.02. The van der Waals surface area contributed by atoms with Crippen LogP contribution in [-0.2, 0) is 14.4 Å². The Morgan fingerprint density at radius 3 is 2.43 bits per heavy atom. The van der Waals surface area contributed by atoms with Gasteiger partial charge in [-0.1, -0.05) is 0 Å². The Hall–Kier alpha value is -5.65. The summed E-state index contributed by atoms with van der Waals surface area (Å²) in [5.41, 5.74) is 2.11. The molecule has 0 bridgehead atoms. The molecule has 328 valence electrons. The van der Waals surface area contributed by atoms with Crippen molar-refractivity contribution in [2.24, 2.45) is 5.92 Å². The van der Waals surface area contributed by atoms with E-state index in [1.54, 1.807) is 44.2 Å². The van der Waals surface area contributed by atoms with Gasteiger partial charge in [-0.2, -0.15) is 13.8 Å². The van der Waals surface area contributed by atoms with Gasteiger partial charge in [-0.05, 0) is 108 Å². The van der Waals surface area contributed by atoms with E-state index in [1.807, 2.05) is 0 Å². The first-order valence-electron chi connectivity index (χ1n) is 21.0. The predicted octanol–water partition coefficient (Wildman–Crippen LogP) is 5.30. The molecular formula is C43H55F3N10O5. The summed E-state index contributed by atoms with van der Waals surface area (Å²) in [6.07, 6.45) is 7.45. The smallest absolute Gasteiger partial charge is 0.342 e. The number of amides is 4. The molecule has 1 atom stereocenters. The topological polar surface area (TPSA) is 164 Å². The summed E-state index contributed by atoms with van der Waals surface area (Å²) >= 11 is 0. The Bertz CT molecular complexity index is 2130. The number of carbonyl (C=O) groups excluding carboxylic acids is 4. The van der Waals surface area contributed by atoms with Gasteiger partial charge >= 0.3 is 5.92 Å². The number of alkyl halides is 2. The van der Waals surface area contributed by atoms with E-state index in [4.69, 9.17) is 4.74 Å². The zero-order valence-electron chi connectivity index (χ0n) is 35.3. The first-order chi connectivity index (χ1) is 29.1. The number of rotatable bonds is 12. The van der Waals surface area contributed by atoms with Crippen molar-refractivity contribution in [3.63, 3.8) is 0 Å². The highest BCUT2D eigenvalue weighted by Gasteiger charge is 2.47. The zero-order chi connectivity index (χ0) is 43.6. The first-order valence-corrected chi connectivity index (χ1v) is 21.0. The number of nitrogens with zero attached hydrogens (tertiary/aromatic N) is 6. The summed E-state index contributed by atoms with van der Waals surface area (Å²) in [5.74, 6) is -5.02. The van der Waals surface area contributed by atoms with Crippen molar-refractivity contribution in [2.45, 2.75) is 95.3 Å². The molecule has 4 amide bonds. The number of fused-ring (bicyclic) bond motifs is 1. The number of piperidine rings is 2. The molecule has 15 nitrogen and oxygen atoms in total.